The number of likely N-dealkylation sites (N-methyl/N-ethyl adjacent to an activating group) is 1. The van der Waals surface area contributed by atoms with Gasteiger partial charge in [-0.05, 0) is 18.0 Å². The number of carbonyl (C=O) groups is 1. The molecule has 0 unspecified atom stereocenters. The first-order valence-electron chi connectivity index (χ1n) is 7.15. The molecule has 2 aromatic rings. The van der Waals surface area contributed by atoms with Crippen molar-refractivity contribution in [3.8, 4) is 0 Å². The Labute approximate surface area is 119 Å². The SMILES string of the molecule is CCN1CCN(C(=O)c2nccc3ccccc23)CC1. The van der Waals surface area contributed by atoms with Gasteiger partial charge in [-0.3, -0.25) is 9.78 Å². The summed E-state index contributed by atoms with van der Waals surface area (Å²) in [6.07, 6.45) is 1.72. The van der Waals surface area contributed by atoms with E-state index in [9.17, 15) is 4.79 Å². The zero-order valence-electron chi connectivity index (χ0n) is 11.7. The Morgan fingerprint density at radius 3 is 2.65 bits per heavy atom. The van der Waals surface area contributed by atoms with Crippen molar-refractivity contribution in [1.29, 1.82) is 0 Å². The number of carbonyl (C=O) groups excluding carboxylic acids is 1. The lowest BCUT2D eigenvalue weighted by atomic mass is 10.1. The van der Waals surface area contributed by atoms with Crippen molar-refractivity contribution in [3.05, 3.63) is 42.2 Å². The minimum absolute atomic E-state index is 0.0533. The van der Waals surface area contributed by atoms with Crippen LogP contribution in [0.2, 0.25) is 0 Å². The number of nitrogens with zero attached hydrogens (tertiary/aromatic N) is 3. The van der Waals surface area contributed by atoms with Crippen LogP contribution in [0.3, 0.4) is 0 Å². The Hall–Kier alpha value is -1.94. The van der Waals surface area contributed by atoms with E-state index in [-0.39, 0.29) is 5.91 Å². The molecule has 0 aliphatic carbocycles. The molecule has 0 radical (unpaired) electrons. The molecule has 104 valence electrons. The highest BCUT2D eigenvalue weighted by Gasteiger charge is 2.23. The second kappa shape index (κ2) is 5.59. The lowest BCUT2D eigenvalue weighted by Gasteiger charge is -2.34. The van der Waals surface area contributed by atoms with Crippen molar-refractivity contribution in [2.75, 3.05) is 32.7 Å². The van der Waals surface area contributed by atoms with Gasteiger partial charge in [0, 0.05) is 37.8 Å². The molecule has 0 N–H and O–H groups in total. The summed E-state index contributed by atoms with van der Waals surface area (Å²) in [4.78, 5) is 21.2. The lowest BCUT2D eigenvalue weighted by Crippen LogP contribution is -2.48. The van der Waals surface area contributed by atoms with E-state index in [4.69, 9.17) is 0 Å². The van der Waals surface area contributed by atoms with Crippen LogP contribution in [-0.2, 0) is 0 Å². The number of hydrogen-bond donors (Lipinski definition) is 0. The maximum Gasteiger partial charge on any atom is 0.273 e. The van der Waals surface area contributed by atoms with Crippen LogP contribution in [0.1, 0.15) is 17.4 Å². The third-order valence-corrected chi connectivity index (χ3v) is 3.98. The van der Waals surface area contributed by atoms with E-state index in [0.29, 0.717) is 5.69 Å². The number of rotatable bonds is 2. The predicted molar refractivity (Wildman–Crippen MR) is 79.8 cm³/mol. The van der Waals surface area contributed by atoms with E-state index in [1.165, 1.54) is 0 Å². The summed E-state index contributed by atoms with van der Waals surface area (Å²) >= 11 is 0. The molecule has 1 fully saturated rings. The van der Waals surface area contributed by atoms with Crippen molar-refractivity contribution in [1.82, 2.24) is 14.8 Å². The molecule has 0 bridgehead atoms. The van der Waals surface area contributed by atoms with Gasteiger partial charge in [-0.1, -0.05) is 31.2 Å². The van der Waals surface area contributed by atoms with E-state index in [0.717, 1.165) is 43.5 Å². The molecule has 4 heteroatoms. The molecular formula is C16H19N3O. The third-order valence-electron chi connectivity index (χ3n) is 3.98. The second-order valence-electron chi connectivity index (χ2n) is 5.11. The highest BCUT2D eigenvalue weighted by Crippen LogP contribution is 2.18. The number of amides is 1. The first-order chi connectivity index (χ1) is 9.79. The maximum atomic E-state index is 12.7. The summed E-state index contributed by atoms with van der Waals surface area (Å²) in [5.41, 5.74) is 0.577. The highest BCUT2D eigenvalue weighted by molar-refractivity contribution is 6.05. The maximum absolute atomic E-state index is 12.7. The van der Waals surface area contributed by atoms with Crippen molar-refractivity contribution in [2.45, 2.75) is 6.92 Å². The van der Waals surface area contributed by atoms with Crippen molar-refractivity contribution < 1.29 is 4.79 Å². The molecular weight excluding hydrogens is 250 g/mol. The zero-order valence-corrected chi connectivity index (χ0v) is 11.7. The van der Waals surface area contributed by atoms with Gasteiger partial charge in [0.15, 0.2) is 0 Å². The Kier molecular flexibility index (Phi) is 3.65. The van der Waals surface area contributed by atoms with E-state index < -0.39 is 0 Å². The second-order valence-corrected chi connectivity index (χ2v) is 5.11. The average Bonchev–Trinajstić information content (AvgIpc) is 2.54. The fourth-order valence-corrected chi connectivity index (χ4v) is 2.71. The molecule has 1 aliphatic heterocycles. The minimum atomic E-state index is 0.0533. The van der Waals surface area contributed by atoms with E-state index >= 15 is 0 Å². The predicted octanol–water partition coefficient (Wildman–Crippen LogP) is 2.01. The van der Waals surface area contributed by atoms with Crippen LogP contribution in [-0.4, -0.2) is 53.4 Å². The molecule has 0 saturated carbocycles. The first kappa shape index (κ1) is 13.1. The summed E-state index contributed by atoms with van der Waals surface area (Å²) < 4.78 is 0. The minimum Gasteiger partial charge on any atom is -0.335 e. The summed E-state index contributed by atoms with van der Waals surface area (Å²) in [5, 5.41) is 2.01. The molecule has 3 rings (SSSR count). The summed E-state index contributed by atoms with van der Waals surface area (Å²) in [5.74, 6) is 0.0533. The van der Waals surface area contributed by atoms with Gasteiger partial charge in [-0.25, -0.2) is 0 Å². The standard InChI is InChI=1S/C16H19N3O/c1-2-18-9-11-19(12-10-18)16(20)15-14-6-4-3-5-13(14)7-8-17-15/h3-8H,2,9-12H2,1H3. The fraction of sp³-hybridized carbons (Fsp3) is 0.375. The van der Waals surface area contributed by atoms with Gasteiger partial charge in [0.25, 0.3) is 5.91 Å². The number of fused-ring (bicyclic) bond motifs is 1. The van der Waals surface area contributed by atoms with Gasteiger partial charge in [0.2, 0.25) is 0 Å². The Bertz CT molecular complexity index is 613. The van der Waals surface area contributed by atoms with Gasteiger partial charge in [-0.2, -0.15) is 0 Å². The molecule has 1 amide bonds. The summed E-state index contributed by atoms with van der Waals surface area (Å²) in [7, 11) is 0. The van der Waals surface area contributed by atoms with Crippen LogP contribution in [0.15, 0.2) is 36.5 Å². The largest absolute Gasteiger partial charge is 0.335 e. The Balaban J connectivity index is 1.86. The van der Waals surface area contributed by atoms with E-state index in [1.54, 1.807) is 6.20 Å². The number of aromatic nitrogens is 1. The summed E-state index contributed by atoms with van der Waals surface area (Å²) in [6, 6.07) is 9.87. The summed E-state index contributed by atoms with van der Waals surface area (Å²) in [6.45, 7) is 6.69. The van der Waals surface area contributed by atoms with Gasteiger partial charge < -0.3 is 9.80 Å². The third kappa shape index (κ3) is 2.39. The normalized spacial score (nSPS) is 16.6. The molecule has 4 nitrogen and oxygen atoms in total. The van der Waals surface area contributed by atoms with E-state index in [1.807, 2.05) is 35.2 Å². The molecule has 0 atom stereocenters. The van der Waals surface area contributed by atoms with Gasteiger partial charge in [0.1, 0.15) is 5.69 Å². The van der Waals surface area contributed by atoms with Crippen molar-refractivity contribution in [3.63, 3.8) is 0 Å². The molecule has 2 heterocycles. The smallest absolute Gasteiger partial charge is 0.273 e. The van der Waals surface area contributed by atoms with Crippen LogP contribution < -0.4 is 0 Å². The van der Waals surface area contributed by atoms with E-state index in [2.05, 4.69) is 16.8 Å². The Morgan fingerprint density at radius 1 is 1.15 bits per heavy atom. The quantitative estimate of drug-likeness (QED) is 0.837. The van der Waals surface area contributed by atoms with Crippen LogP contribution >= 0.6 is 0 Å². The molecule has 20 heavy (non-hydrogen) atoms. The number of benzene rings is 1. The zero-order chi connectivity index (χ0) is 13.9. The number of piperazine rings is 1. The fourth-order valence-electron chi connectivity index (χ4n) is 2.71. The van der Waals surface area contributed by atoms with Crippen LogP contribution in [0.4, 0.5) is 0 Å². The molecule has 0 spiro atoms. The lowest BCUT2D eigenvalue weighted by molar-refractivity contribution is 0.0640. The van der Waals surface area contributed by atoms with Gasteiger partial charge in [-0.15, -0.1) is 0 Å². The highest BCUT2D eigenvalue weighted by atomic mass is 16.2. The molecule has 1 aliphatic rings. The van der Waals surface area contributed by atoms with Gasteiger partial charge in [0.05, 0.1) is 0 Å². The van der Waals surface area contributed by atoms with Gasteiger partial charge >= 0.3 is 0 Å². The van der Waals surface area contributed by atoms with Crippen LogP contribution in [0, 0.1) is 0 Å². The first-order valence-corrected chi connectivity index (χ1v) is 7.15. The number of pyridine rings is 1. The number of hydrogen-bond acceptors (Lipinski definition) is 3. The average molecular weight is 269 g/mol. The monoisotopic (exact) mass is 269 g/mol. The topological polar surface area (TPSA) is 36.4 Å². The van der Waals surface area contributed by atoms with Crippen LogP contribution in [0.5, 0.6) is 0 Å². The molecule has 1 saturated heterocycles. The van der Waals surface area contributed by atoms with Crippen molar-refractivity contribution >= 4 is 16.7 Å². The molecule has 1 aromatic carbocycles. The van der Waals surface area contributed by atoms with Crippen LogP contribution in [0.25, 0.3) is 10.8 Å². The van der Waals surface area contributed by atoms with Crippen molar-refractivity contribution in [2.24, 2.45) is 0 Å². The molecule has 1 aromatic heterocycles. The Morgan fingerprint density at radius 2 is 1.90 bits per heavy atom.